The summed E-state index contributed by atoms with van der Waals surface area (Å²) in [7, 11) is 1.77. The number of aromatic nitrogens is 2. The minimum atomic E-state index is -0.263. The van der Waals surface area contributed by atoms with Crippen LogP contribution in [-0.2, 0) is 13.0 Å². The number of benzene rings is 1. The van der Waals surface area contributed by atoms with Crippen molar-refractivity contribution in [1.29, 1.82) is 0 Å². The number of nitrogens with zero attached hydrogens (tertiary/aromatic N) is 1. The molecule has 0 aliphatic carbocycles. The summed E-state index contributed by atoms with van der Waals surface area (Å²) in [4.78, 5) is 19.5. The van der Waals surface area contributed by atoms with Crippen molar-refractivity contribution in [3.63, 3.8) is 0 Å². The van der Waals surface area contributed by atoms with Crippen LogP contribution >= 0.6 is 11.8 Å². The van der Waals surface area contributed by atoms with Crippen LogP contribution in [0.1, 0.15) is 24.6 Å². The predicted molar refractivity (Wildman–Crippen MR) is 82.1 cm³/mol. The Labute approximate surface area is 127 Å². The first kappa shape index (κ1) is 15.7. The molecule has 0 amide bonds. The van der Waals surface area contributed by atoms with Crippen LogP contribution in [0.4, 0.5) is 4.39 Å². The number of aryl methyl sites for hydroxylation is 1. The Morgan fingerprint density at radius 3 is 2.95 bits per heavy atom. The Morgan fingerprint density at radius 1 is 1.43 bits per heavy atom. The molecule has 1 aromatic heterocycles. The number of halogens is 1. The Balaban J connectivity index is 2.34. The number of nitrogens with one attached hydrogen (secondary N) is 2. The van der Waals surface area contributed by atoms with Crippen molar-refractivity contribution >= 4 is 11.8 Å². The normalized spacial score (nSPS) is 10.8. The molecule has 2 aromatic rings. The molecule has 112 valence electrons. The lowest BCUT2D eigenvalue weighted by Crippen LogP contribution is -2.11. The van der Waals surface area contributed by atoms with Crippen LogP contribution in [0.3, 0.4) is 0 Å². The maximum atomic E-state index is 13.9. The van der Waals surface area contributed by atoms with Gasteiger partial charge in [-0.3, -0.25) is 4.79 Å². The van der Waals surface area contributed by atoms with Gasteiger partial charge >= 0.3 is 0 Å². The first-order valence-corrected chi connectivity index (χ1v) is 7.65. The lowest BCUT2D eigenvalue weighted by molar-refractivity contribution is 0.593. The highest BCUT2D eigenvalue weighted by atomic mass is 32.2. The van der Waals surface area contributed by atoms with E-state index in [-0.39, 0.29) is 11.4 Å². The van der Waals surface area contributed by atoms with E-state index in [1.807, 2.05) is 13.0 Å². The summed E-state index contributed by atoms with van der Waals surface area (Å²) >= 11 is 1.28. The summed E-state index contributed by atoms with van der Waals surface area (Å²) in [5.41, 5.74) is 1.16. The highest BCUT2D eigenvalue weighted by Gasteiger charge is 2.11. The first-order chi connectivity index (χ1) is 10.1. The standard InChI is InChI=1S/C15H18FN3OS/c1-3-5-10-8-14(20)19-15(18-10)21-13-7-4-6-12(16)11(13)9-17-2/h4,6-8,17H,3,5,9H2,1-2H3,(H,18,19,20). The van der Waals surface area contributed by atoms with Crippen LogP contribution in [0.15, 0.2) is 39.1 Å². The van der Waals surface area contributed by atoms with Gasteiger partial charge in [0.1, 0.15) is 5.82 Å². The van der Waals surface area contributed by atoms with E-state index in [2.05, 4.69) is 15.3 Å². The molecule has 1 heterocycles. The maximum absolute atomic E-state index is 13.9. The Bertz CT molecular complexity index is 672. The summed E-state index contributed by atoms with van der Waals surface area (Å²) < 4.78 is 13.9. The molecule has 0 spiro atoms. The van der Waals surface area contributed by atoms with Crippen molar-refractivity contribution in [3.05, 3.63) is 51.7 Å². The summed E-state index contributed by atoms with van der Waals surface area (Å²) in [6.07, 6.45) is 1.68. The monoisotopic (exact) mass is 307 g/mol. The average Bonchev–Trinajstić information content (AvgIpc) is 2.42. The maximum Gasteiger partial charge on any atom is 0.251 e. The summed E-state index contributed by atoms with van der Waals surface area (Å²) in [5, 5.41) is 3.44. The van der Waals surface area contributed by atoms with Crippen LogP contribution < -0.4 is 10.9 Å². The third-order valence-electron chi connectivity index (χ3n) is 2.92. The molecule has 6 heteroatoms. The van der Waals surface area contributed by atoms with Gasteiger partial charge in [0.15, 0.2) is 5.16 Å². The SMILES string of the molecule is CCCc1cc(=O)[nH]c(Sc2cccc(F)c2CNC)n1. The van der Waals surface area contributed by atoms with E-state index in [0.29, 0.717) is 17.3 Å². The number of hydrogen-bond donors (Lipinski definition) is 2. The summed E-state index contributed by atoms with van der Waals surface area (Å²) in [6, 6.07) is 6.42. The van der Waals surface area contributed by atoms with Crippen LogP contribution in [0.2, 0.25) is 0 Å². The van der Waals surface area contributed by atoms with Gasteiger partial charge in [0.05, 0.1) is 0 Å². The Kier molecular flexibility index (Phi) is 5.52. The molecule has 0 fully saturated rings. The second-order valence-corrected chi connectivity index (χ2v) is 5.67. The van der Waals surface area contributed by atoms with E-state index in [0.717, 1.165) is 23.4 Å². The van der Waals surface area contributed by atoms with Gasteiger partial charge in [0.25, 0.3) is 5.56 Å². The fourth-order valence-electron chi connectivity index (χ4n) is 2.00. The molecule has 0 aliphatic heterocycles. The largest absolute Gasteiger partial charge is 0.316 e. The van der Waals surface area contributed by atoms with Gasteiger partial charge in [0, 0.05) is 28.8 Å². The fraction of sp³-hybridized carbons (Fsp3) is 0.333. The Hall–Kier alpha value is -1.66. The van der Waals surface area contributed by atoms with Gasteiger partial charge in [-0.1, -0.05) is 31.2 Å². The smallest absolute Gasteiger partial charge is 0.251 e. The van der Waals surface area contributed by atoms with Gasteiger partial charge in [-0.15, -0.1) is 0 Å². The molecule has 0 atom stereocenters. The highest BCUT2D eigenvalue weighted by molar-refractivity contribution is 7.99. The second-order valence-electron chi connectivity index (χ2n) is 4.64. The lowest BCUT2D eigenvalue weighted by atomic mass is 10.2. The fourth-order valence-corrected chi connectivity index (χ4v) is 2.97. The second kappa shape index (κ2) is 7.38. The van der Waals surface area contributed by atoms with Crippen molar-refractivity contribution < 1.29 is 4.39 Å². The zero-order chi connectivity index (χ0) is 15.2. The van der Waals surface area contributed by atoms with E-state index in [4.69, 9.17) is 0 Å². The van der Waals surface area contributed by atoms with Crippen molar-refractivity contribution in [1.82, 2.24) is 15.3 Å². The minimum absolute atomic E-state index is 0.178. The molecular formula is C15H18FN3OS. The molecule has 0 bridgehead atoms. The van der Waals surface area contributed by atoms with Crippen molar-refractivity contribution in [2.24, 2.45) is 0 Å². The highest BCUT2D eigenvalue weighted by Crippen LogP contribution is 2.29. The van der Waals surface area contributed by atoms with E-state index < -0.39 is 0 Å². The molecule has 2 rings (SSSR count). The van der Waals surface area contributed by atoms with Gasteiger partial charge in [-0.05, 0) is 25.6 Å². The van der Waals surface area contributed by atoms with Crippen LogP contribution in [0, 0.1) is 5.82 Å². The minimum Gasteiger partial charge on any atom is -0.316 e. The third kappa shape index (κ3) is 4.15. The Morgan fingerprint density at radius 2 is 2.24 bits per heavy atom. The molecule has 0 saturated carbocycles. The third-order valence-corrected chi connectivity index (χ3v) is 3.90. The van der Waals surface area contributed by atoms with E-state index >= 15 is 0 Å². The summed E-state index contributed by atoms with van der Waals surface area (Å²) in [5.74, 6) is -0.263. The zero-order valence-electron chi connectivity index (χ0n) is 12.1. The van der Waals surface area contributed by atoms with Crippen molar-refractivity contribution in [2.45, 2.75) is 36.4 Å². The number of aromatic amines is 1. The van der Waals surface area contributed by atoms with Crippen molar-refractivity contribution in [3.8, 4) is 0 Å². The van der Waals surface area contributed by atoms with Gasteiger partial charge < -0.3 is 10.3 Å². The van der Waals surface area contributed by atoms with Gasteiger partial charge in [-0.25, -0.2) is 9.37 Å². The first-order valence-electron chi connectivity index (χ1n) is 6.84. The van der Waals surface area contributed by atoms with Crippen molar-refractivity contribution in [2.75, 3.05) is 7.05 Å². The molecule has 0 radical (unpaired) electrons. The molecule has 21 heavy (non-hydrogen) atoms. The summed E-state index contributed by atoms with van der Waals surface area (Å²) in [6.45, 7) is 2.46. The van der Waals surface area contributed by atoms with E-state index in [1.165, 1.54) is 23.9 Å². The molecule has 0 saturated heterocycles. The topological polar surface area (TPSA) is 57.8 Å². The number of hydrogen-bond acceptors (Lipinski definition) is 4. The predicted octanol–water partition coefficient (Wildman–Crippen LogP) is 2.73. The number of rotatable bonds is 6. The van der Waals surface area contributed by atoms with Gasteiger partial charge in [0.2, 0.25) is 0 Å². The molecule has 2 N–H and O–H groups in total. The average molecular weight is 307 g/mol. The van der Waals surface area contributed by atoms with E-state index in [9.17, 15) is 9.18 Å². The molecular weight excluding hydrogens is 289 g/mol. The van der Waals surface area contributed by atoms with E-state index in [1.54, 1.807) is 13.1 Å². The van der Waals surface area contributed by atoms with Crippen LogP contribution in [0.25, 0.3) is 0 Å². The molecule has 0 aliphatic rings. The zero-order valence-corrected chi connectivity index (χ0v) is 12.9. The van der Waals surface area contributed by atoms with Crippen LogP contribution in [0.5, 0.6) is 0 Å². The lowest BCUT2D eigenvalue weighted by Gasteiger charge is -2.09. The van der Waals surface area contributed by atoms with Gasteiger partial charge in [-0.2, -0.15) is 0 Å². The quantitative estimate of drug-likeness (QED) is 0.806. The molecule has 1 aromatic carbocycles. The number of H-pyrrole nitrogens is 1. The molecule has 4 nitrogen and oxygen atoms in total. The molecule has 0 unspecified atom stereocenters. The van der Waals surface area contributed by atoms with Crippen LogP contribution in [-0.4, -0.2) is 17.0 Å².